The minimum absolute atomic E-state index is 0.0447. The van der Waals surface area contributed by atoms with Crippen LogP contribution in [0.4, 0.5) is 10.2 Å². The summed E-state index contributed by atoms with van der Waals surface area (Å²) < 4.78 is 22.7. The number of phenols is 1. The molecule has 3 saturated heterocycles. The van der Waals surface area contributed by atoms with Gasteiger partial charge in [-0.2, -0.15) is 9.97 Å². The number of anilines is 1. The van der Waals surface area contributed by atoms with E-state index >= 15 is 4.39 Å². The van der Waals surface area contributed by atoms with Crippen molar-refractivity contribution in [1.82, 2.24) is 20.2 Å². The van der Waals surface area contributed by atoms with Gasteiger partial charge < -0.3 is 25.0 Å². The van der Waals surface area contributed by atoms with Crippen LogP contribution in [0.25, 0.3) is 32.8 Å². The van der Waals surface area contributed by atoms with E-state index in [9.17, 15) is 5.11 Å². The average molecular weight is 534 g/mol. The fourth-order valence-electron chi connectivity index (χ4n) is 6.36. The highest BCUT2D eigenvalue weighted by Crippen LogP contribution is 2.44. The Balaban J connectivity index is 1.40. The Bertz CT molecular complexity index is 1550. The zero-order valence-electron chi connectivity index (χ0n) is 21.1. The molecule has 3 atom stereocenters. The number of phenolic OH excluding ortho intramolecular Hbond substituents is 1. The summed E-state index contributed by atoms with van der Waals surface area (Å²) in [5, 5.41) is 16.3. The molecule has 3 fully saturated rings. The molecule has 0 amide bonds. The molecule has 38 heavy (non-hydrogen) atoms. The number of nitrogens with one attached hydrogen (secondary N) is 1. The number of benzene rings is 3. The quantitative estimate of drug-likeness (QED) is 0.375. The van der Waals surface area contributed by atoms with Crippen molar-refractivity contribution >= 4 is 39.1 Å². The highest BCUT2D eigenvalue weighted by Gasteiger charge is 2.43. The molecule has 0 saturated carbocycles. The lowest BCUT2D eigenvalue weighted by Crippen LogP contribution is -2.68. The smallest absolute Gasteiger partial charge is 0.319 e. The van der Waals surface area contributed by atoms with Gasteiger partial charge in [-0.25, -0.2) is 4.39 Å². The maximum Gasteiger partial charge on any atom is 0.319 e. The van der Waals surface area contributed by atoms with Crippen LogP contribution in [-0.2, 0) is 0 Å². The van der Waals surface area contributed by atoms with Gasteiger partial charge >= 0.3 is 6.01 Å². The van der Waals surface area contributed by atoms with Gasteiger partial charge in [0.1, 0.15) is 23.7 Å². The Morgan fingerprint density at radius 3 is 2.71 bits per heavy atom. The number of piperazine rings is 1. The highest BCUT2D eigenvalue weighted by atomic mass is 35.5. The van der Waals surface area contributed by atoms with Gasteiger partial charge in [0.25, 0.3) is 0 Å². The minimum Gasteiger partial charge on any atom is -0.508 e. The molecule has 2 unspecified atom stereocenters. The van der Waals surface area contributed by atoms with Gasteiger partial charge in [0.2, 0.25) is 0 Å². The van der Waals surface area contributed by atoms with Gasteiger partial charge in [0.15, 0.2) is 5.82 Å². The molecule has 0 aliphatic carbocycles. The topological polar surface area (TPSA) is 73.8 Å². The molecule has 1 aromatic heterocycles. The Morgan fingerprint density at radius 2 is 1.95 bits per heavy atom. The van der Waals surface area contributed by atoms with Gasteiger partial charge in [0, 0.05) is 42.2 Å². The molecule has 0 radical (unpaired) electrons. The third-order valence-corrected chi connectivity index (χ3v) is 8.67. The second-order valence-corrected chi connectivity index (χ2v) is 11.1. The molecule has 0 spiro atoms. The summed E-state index contributed by atoms with van der Waals surface area (Å²) in [5.74, 6) is 0.169. The monoisotopic (exact) mass is 533 g/mol. The predicted octanol–water partition coefficient (Wildman–Crippen LogP) is 4.97. The van der Waals surface area contributed by atoms with Gasteiger partial charge in [-0.3, -0.25) is 0 Å². The first-order valence-corrected chi connectivity index (χ1v) is 13.6. The standard InChI is InChI=1S/C29H29ClFN5O2/c1-35-8-4-6-17(35)15-38-29-33-27-23(28(34-29)36-18-10-19(36)14-32-13-18)12-24(30)25(26(27)31)22-11-20(37)9-16-5-2-3-7-21(16)22/h2-3,5,7,9,11-12,17-19,32,37H,4,6,8,10,13-15H2,1H3/t17-,18?,19?/m0/s1. The molecule has 3 aliphatic heterocycles. The Labute approximate surface area is 225 Å². The molecule has 3 aromatic carbocycles. The van der Waals surface area contributed by atoms with Crippen molar-refractivity contribution in [3.05, 3.63) is 53.3 Å². The Morgan fingerprint density at radius 1 is 1.13 bits per heavy atom. The van der Waals surface area contributed by atoms with Crippen LogP contribution in [0, 0.1) is 5.82 Å². The van der Waals surface area contributed by atoms with E-state index in [0.29, 0.717) is 23.4 Å². The maximum absolute atomic E-state index is 16.6. The van der Waals surface area contributed by atoms with Crippen molar-refractivity contribution in [3.8, 4) is 22.9 Å². The first-order chi connectivity index (χ1) is 18.5. The zero-order valence-corrected chi connectivity index (χ0v) is 21.9. The largest absolute Gasteiger partial charge is 0.508 e. The van der Waals surface area contributed by atoms with E-state index in [2.05, 4.69) is 27.1 Å². The van der Waals surface area contributed by atoms with E-state index < -0.39 is 5.82 Å². The van der Waals surface area contributed by atoms with E-state index in [1.165, 1.54) is 0 Å². The maximum atomic E-state index is 16.6. The number of hydrogen-bond acceptors (Lipinski definition) is 7. The number of hydrogen-bond donors (Lipinski definition) is 2. The van der Waals surface area contributed by atoms with E-state index in [1.807, 2.05) is 24.3 Å². The molecule has 2 bridgehead atoms. The van der Waals surface area contributed by atoms with Gasteiger partial charge in [-0.05, 0) is 67.4 Å². The number of piperidine rings is 1. The highest BCUT2D eigenvalue weighted by molar-refractivity contribution is 6.35. The van der Waals surface area contributed by atoms with Crippen LogP contribution in [0.2, 0.25) is 5.02 Å². The number of halogens is 2. The summed E-state index contributed by atoms with van der Waals surface area (Å²) in [4.78, 5) is 14.0. The lowest BCUT2D eigenvalue weighted by Gasteiger charge is -2.54. The van der Waals surface area contributed by atoms with Crippen molar-refractivity contribution in [1.29, 1.82) is 0 Å². The zero-order chi connectivity index (χ0) is 26.0. The van der Waals surface area contributed by atoms with Gasteiger partial charge in [0.05, 0.1) is 5.02 Å². The number of rotatable bonds is 5. The van der Waals surface area contributed by atoms with Crippen LogP contribution >= 0.6 is 11.6 Å². The lowest BCUT2D eigenvalue weighted by molar-refractivity contribution is 0.187. The average Bonchev–Trinajstić information content (AvgIpc) is 3.32. The van der Waals surface area contributed by atoms with Gasteiger partial charge in [-0.15, -0.1) is 0 Å². The number of nitrogens with zero attached hydrogens (tertiary/aromatic N) is 4. The molecular weight excluding hydrogens is 505 g/mol. The number of aromatic nitrogens is 2. The molecule has 2 N–H and O–H groups in total. The van der Waals surface area contributed by atoms with Crippen LogP contribution in [-0.4, -0.2) is 71.4 Å². The second kappa shape index (κ2) is 9.22. The molecule has 7 rings (SSSR count). The second-order valence-electron chi connectivity index (χ2n) is 10.7. The van der Waals surface area contributed by atoms with Crippen LogP contribution in [0.5, 0.6) is 11.8 Å². The fourth-order valence-corrected chi connectivity index (χ4v) is 6.65. The third kappa shape index (κ3) is 3.85. The predicted molar refractivity (Wildman–Crippen MR) is 148 cm³/mol. The van der Waals surface area contributed by atoms with Crippen molar-refractivity contribution in [3.63, 3.8) is 0 Å². The number of fused-ring (bicyclic) bond motifs is 4. The fraction of sp³-hybridized carbons (Fsp3) is 0.379. The third-order valence-electron chi connectivity index (χ3n) is 8.37. The number of likely N-dealkylation sites (tertiary alicyclic amines) is 1. The number of aromatic hydroxyl groups is 1. The Kier molecular flexibility index (Phi) is 5.80. The normalized spacial score (nSPS) is 23.2. The van der Waals surface area contributed by atoms with Crippen molar-refractivity contribution in [2.24, 2.45) is 0 Å². The van der Waals surface area contributed by atoms with Gasteiger partial charge in [-0.1, -0.05) is 35.9 Å². The van der Waals surface area contributed by atoms with Crippen molar-refractivity contribution < 1.29 is 14.2 Å². The minimum atomic E-state index is -0.543. The van der Waals surface area contributed by atoms with E-state index in [0.717, 1.165) is 49.7 Å². The summed E-state index contributed by atoms with van der Waals surface area (Å²) in [6, 6.07) is 13.6. The molecular formula is C29H29ClFN5O2. The number of ether oxygens (including phenoxy) is 1. The summed E-state index contributed by atoms with van der Waals surface area (Å²) in [5.41, 5.74) is 0.905. The summed E-state index contributed by atoms with van der Waals surface area (Å²) in [6.45, 7) is 3.20. The molecule has 7 nitrogen and oxygen atoms in total. The van der Waals surface area contributed by atoms with E-state index in [-0.39, 0.29) is 46.0 Å². The summed E-state index contributed by atoms with van der Waals surface area (Å²) in [6.07, 6.45) is 3.26. The van der Waals surface area contributed by atoms with Crippen molar-refractivity contribution in [2.45, 2.75) is 37.4 Å². The molecule has 4 aromatic rings. The van der Waals surface area contributed by atoms with Crippen LogP contribution in [0.3, 0.4) is 0 Å². The van der Waals surface area contributed by atoms with Crippen LogP contribution < -0.4 is 15.0 Å². The molecule has 196 valence electrons. The first kappa shape index (κ1) is 23.9. The lowest BCUT2D eigenvalue weighted by atomic mass is 9.88. The van der Waals surface area contributed by atoms with Crippen molar-refractivity contribution in [2.75, 3.05) is 38.2 Å². The van der Waals surface area contributed by atoms with Crippen LogP contribution in [0.1, 0.15) is 19.3 Å². The van der Waals surface area contributed by atoms with E-state index in [4.69, 9.17) is 21.3 Å². The van der Waals surface area contributed by atoms with Crippen LogP contribution in [0.15, 0.2) is 42.5 Å². The SMILES string of the molecule is CN1CCC[C@H]1COc1nc(N2C3CNCC2C3)c2cc(Cl)c(-c3cc(O)cc4ccccc34)c(F)c2n1. The molecule has 4 heterocycles. The molecule has 9 heteroatoms. The molecule has 3 aliphatic rings. The number of likely N-dealkylation sites (N-methyl/N-ethyl adjacent to an activating group) is 1. The summed E-state index contributed by atoms with van der Waals surface area (Å²) >= 11 is 6.81. The van der Waals surface area contributed by atoms with E-state index in [1.54, 1.807) is 18.2 Å². The Hall–Kier alpha value is -3.20. The summed E-state index contributed by atoms with van der Waals surface area (Å²) in [7, 11) is 2.09. The first-order valence-electron chi connectivity index (χ1n) is 13.2.